The Morgan fingerprint density at radius 3 is 2.14 bits per heavy atom. The Hall–Kier alpha value is -2.07. The summed E-state index contributed by atoms with van der Waals surface area (Å²) in [7, 11) is -3.55. The standard InChI is InChI=1S/C17H19NO2S/c18-17(21(19,20)16-12-5-2-6-13-16)14-8-7-11-15-9-3-1-4-10-15/h1-6,9-10,12-14H,7-8,11,18H2. The normalized spacial score (nSPS) is 12.3. The third-order valence-electron chi connectivity index (χ3n) is 3.22. The monoisotopic (exact) mass is 301 g/mol. The van der Waals surface area contributed by atoms with Crippen molar-refractivity contribution in [2.75, 3.05) is 0 Å². The van der Waals surface area contributed by atoms with Gasteiger partial charge in [0, 0.05) is 0 Å². The Bertz CT molecular complexity index is 692. The molecule has 0 unspecified atom stereocenters. The average molecular weight is 301 g/mol. The fourth-order valence-corrected chi connectivity index (χ4v) is 3.17. The van der Waals surface area contributed by atoms with E-state index in [-0.39, 0.29) is 9.92 Å². The van der Waals surface area contributed by atoms with E-state index < -0.39 is 9.84 Å². The van der Waals surface area contributed by atoms with Crippen LogP contribution < -0.4 is 5.73 Å². The number of allylic oxidation sites excluding steroid dienone is 1. The van der Waals surface area contributed by atoms with Gasteiger partial charge in [0.15, 0.2) is 0 Å². The van der Waals surface area contributed by atoms with E-state index in [1.807, 2.05) is 18.2 Å². The molecule has 0 amide bonds. The van der Waals surface area contributed by atoms with Crippen molar-refractivity contribution in [1.29, 1.82) is 0 Å². The third kappa shape index (κ3) is 4.20. The zero-order chi connectivity index (χ0) is 15.1. The zero-order valence-electron chi connectivity index (χ0n) is 11.8. The summed E-state index contributed by atoms with van der Waals surface area (Å²) in [5.74, 6) is 0. The minimum Gasteiger partial charge on any atom is -0.389 e. The lowest BCUT2D eigenvalue weighted by molar-refractivity contribution is 0.601. The molecule has 0 aliphatic rings. The van der Waals surface area contributed by atoms with Crippen molar-refractivity contribution >= 4 is 9.84 Å². The molecule has 2 rings (SSSR count). The van der Waals surface area contributed by atoms with Crippen molar-refractivity contribution in [3.63, 3.8) is 0 Å². The highest BCUT2D eigenvalue weighted by Crippen LogP contribution is 2.16. The molecule has 0 saturated heterocycles. The maximum absolute atomic E-state index is 12.2. The van der Waals surface area contributed by atoms with Gasteiger partial charge in [0.1, 0.15) is 5.03 Å². The van der Waals surface area contributed by atoms with E-state index in [1.54, 1.807) is 36.4 Å². The summed E-state index contributed by atoms with van der Waals surface area (Å²) in [6.45, 7) is 0. The smallest absolute Gasteiger partial charge is 0.220 e. The molecule has 0 aliphatic heterocycles. The number of hydrogen-bond acceptors (Lipinski definition) is 3. The SMILES string of the molecule is NC(=CCCCc1ccccc1)S(=O)(=O)c1ccccc1. The highest BCUT2D eigenvalue weighted by atomic mass is 32.2. The van der Waals surface area contributed by atoms with E-state index in [0.717, 1.165) is 12.8 Å². The third-order valence-corrected chi connectivity index (χ3v) is 4.90. The fraction of sp³-hybridized carbons (Fsp3) is 0.176. The predicted molar refractivity (Wildman–Crippen MR) is 85.3 cm³/mol. The number of aryl methyl sites for hydroxylation is 1. The van der Waals surface area contributed by atoms with Crippen LogP contribution in [0.5, 0.6) is 0 Å². The van der Waals surface area contributed by atoms with Crippen LogP contribution >= 0.6 is 0 Å². The molecule has 2 N–H and O–H groups in total. The summed E-state index contributed by atoms with van der Waals surface area (Å²) >= 11 is 0. The minimum atomic E-state index is -3.55. The molecule has 0 fully saturated rings. The molecule has 2 aromatic rings. The van der Waals surface area contributed by atoms with Crippen molar-refractivity contribution in [1.82, 2.24) is 0 Å². The molecule has 0 bridgehead atoms. The Morgan fingerprint density at radius 2 is 1.52 bits per heavy atom. The van der Waals surface area contributed by atoms with Crippen molar-refractivity contribution in [2.24, 2.45) is 5.73 Å². The van der Waals surface area contributed by atoms with E-state index in [4.69, 9.17) is 5.73 Å². The number of rotatable bonds is 6. The van der Waals surface area contributed by atoms with Crippen molar-refractivity contribution < 1.29 is 8.42 Å². The number of nitrogens with two attached hydrogens (primary N) is 1. The maximum atomic E-state index is 12.2. The largest absolute Gasteiger partial charge is 0.389 e. The summed E-state index contributed by atoms with van der Waals surface area (Å²) in [6, 6.07) is 18.4. The summed E-state index contributed by atoms with van der Waals surface area (Å²) in [6.07, 6.45) is 4.03. The van der Waals surface area contributed by atoms with E-state index in [0.29, 0.717) is 6.42 Å². The van der Waals surface area contributed by atoms with E-state index >= 15 is 0 Å². The van der Waals surface area contributed by atoms with Gasteiger partial charge < -0.3 is 5.73 Å². The van der Waals surface area contributed by atoms with Gasteiger partial charge in [-0.25, -0.2) is 8.42 Å². The molecule has 0 heterocycles. The van der Waals surface area contributed by atoms with Crippen molar-refractivity contribution in [3.8, 4) is 0 Å². The molecule has 4 heteroatoms. The second-order valence-corrected chi connectivity index (χ2v) is 6.75. The summed E-state index contributed by atoms with van der Waals surface area (Å²) in [5, 5.41) is -0.0678. The van der Waals surface area contributed by atoms with Crippen LogP contribution in [-0.4, -0.2) is 8.42 Å². The van der Waals surface area contributed by atoms with Crippen LogP contribution in [0.1, 0.15) is 18.4 Å². The van der Waals surface area contributed by atoms with Crippen LogP contribution in [0.15, 0.2) is 76.7 Å². The first-order chi connectivity index (χ1) is 10.1. The molecule has 2 aromatic carbocycles. The Labute approximate surface area is 126 Å². The molecule has 0 atom stereocenters. The number of sulfone groups is 1. The van der Waals surface area contributed by atoms with Crippen molar-refractivity contribution in [2.45, 2.75) is 24.2 Å². The molecule has 0 spiro atoms. The average Bonchev–Trinajstić information content (AvgIpc) is 2.53. The highest BCUT2D eigenvalue weighted by molar-refractivity contribution is 7.95. The first-order valence-corrected chi connectivity index (χ1v) is 8.39. The van der Waals surface area contributed by atoms with Gasteiger partial charge in [0.05, 0.1) is 4.90 Å². The molecule has 3 nitrogen and oxygen atoms in total. The second-order valence-electron chi connectivity index (χ2n) is 4.80. The Morgan fingerprint density at radius 1 is 0.952 bits per heavy atom. The van der Waals surface area contributed by atoms with Gasteiger partial charge in [0.2, 0.25) is 9.84 Å². The summed E-state index contributed by atoms with van der Waals surface area (Å²) in [4.78, 5) is 0.238. The number of unbranched alkanes of at least 4 members (excludes halogenated alkanes) is 1. The molecule has 0 saturated carbocycles. The van der Waals surface area contributed by atoms with Gasteiger partial charge in [-0.1, -0.05) is 48.5 Å². The summed E-state index contributed by atoms with van der Waals surface area (Å²) in [5.41, 5.74) is 6.98. The van der Waals surface area contributed by atoms with Crippen LogP contribution in [0.3, 0.4) is 0 Å². The molecule has 21 heavy (non-hydrogen) atoms. The maximum Gasteiger partial charge on any atom is 0.220 e. The van der Waals surface area contributed by atoms with Gasteiger partial charge in [-0.15, -0.1) is 0 Å². The molecule has 0 aromatic heterocycles. The molecule has 110 valence electrons. The minimum absolute atomic E-state index is 0.0678. The van der Waals surface area contributed by atoms with Gasteiger partial charge in [-0.05, 0) is 43.0 Å². The molecular weight excluding hydrogens is 282 g/mol. The van der Waals surface area contributed by atoms with Crippen LogP contribution in [-0.2, 0) is 16.3 Å². The fourth-order valence-electron chi connectivity index (χ4n) is 2.04. The Balaban J connectivity index is 1.95. The first-order valence-electron chi connectivity index (χ1n) is 6.90. The zero-order valence-corrected chi connectivity index (χ0v) is 12.6. The van der Waals surface area contributed by atoms with E-state index in [9.17, 15) is 8.42 Å². The predicted octanol–water partition coefficient (Wildman–Crippen LogP) is 3.28. The lowest BCUT2D eigenvalue weighted by Gasteiger charge is -2.04. The van der Waals surface area contributed by atoms with Gasteiger partial charge >= 0.3 is 0 Å². The van der Waals surface area contributed by atoms with Crippen LogP contribution in [0.2, 0.25) is 0 Å². The van der Waals surface area contributed by atoms with E-state index in [2.05, 4.69) is 12.1 Å². The van der Waals surface area contributed by atoms with Gasteiger partial charge in [-0.3, -0.25) is 0 Å². The van der Waals surface area contributed by atoms with Crippen LogP contribution in [0.25, 0.3) is 0 Å². The van der Waals surface area contributed by atoms with Gasteiger partial charge in [0.25, 0.3) is 0 Å². The van der Waals surface area contributed by atoms with Crippen LogP contribution in [0, 0.1) is 0 Å². The van der Waals surface area contributed by atoms with Gasteiger partial charge in [-0.2, -0.15) is 0 Å². The molecule has 0 radical (unpaired) electrons. The second kappa shape index (κ2) is 7.09. The lowest BCUT2D eigenvalue weighted by Crippen LogP contribution is -2.12. The highest BCUT2D eigenvalue weighted by Gasteiger charge is 2.16. The molecular formula is C17H19NO2S. The van der Waals surface area contributed by atoms with E-state index in [1.165, 1.54) is 5.56 Å². The Kier molecular flexibility index (Phi) is 5.17. The summed E-state index contributed by atoms with van der Waals surface area (Å²) < 4.78 is 24.4. The number of hydrogen-bond donors (Lipinski definition) is 1. The number of benzene rings is 2. The van der Waals surface area contributed by atoms with Crippen molar-refractivity contribution in [3.05, 3.63) is 77.3 Å². The first kappa shape index (κ1) is 15.3. The molecule has 0 aliphatic carbocycles. The van der Waals surface area contributed by atoms with Crippen LogP contribution in [0.4, 0.5) is 0 Å². The quantitative estimate of drug-likeness (QED) is 0.833. The lowest BCUT2D eigenvalue weighted by atomic mass is 10.1. The topological polar surface area (TPSA) is 60.2 Å².